The number of hydrogen-bond donors (Lipinski definition) is 1. The first-order chi connectivity index (χ1) is 17.7. The average molecular weight is 477 g/mol. The number of carbonyl (C=O) groups is 1. The molecule has 0 spiro atoms. The fourth-order valence-electron chi connectivity index (χ4n) is 4.37. The van der Waals surface area contributed by atoms with E-state index in [9.17, 15) is 4.79 Å². The van der Waals surface area contributed by atoms with E-state index in [0.29, 0.717) is 12.8 Å². The van der Waals surface area contributed by atoms with Crippen LogP contribution in [0.25, 0.3) is 22.2 Å². The van der Waals surface area contributed by atoms with Gasteiger partial charge in [-0.15, -0.1) is 12.3 Å². The molecule has 1 aliphatic rings. The predicted molar refractivity (Wildman–Crippen MR) is 143 cm³/mol. The molecule has 0 unspecified atom stereocenters. The Morgan fingerprint density at radius 1 is 0.972 bits per heavy atom. The van der Waals surface area contributed by atoms with Crippen molar-refractivity contribution in [3.8, 4) is 23.5 Å². The lowest BCUT2D eigenvalue weighted by Gasteiger charge is -2.35. The van der Waals surface area contributed by atoms with Gasteiger partial charge in [-0.3, -0.25) is 19.7 Å². The number of nitrogens with zero attached hydrogens (tertiary/aromatic N) is 5. The van der Waals surface area contributed by atoms with Crippen LogP contribution in [0.5, 0.6) is 0 Å². The summed E-state index contributed by atoms with van der Waals surface area (Å²) in [5, 5.41) is 2.88. The molecule has 0 saturated carbocycles. The lowest BCUT2D eigenvalue weighted by atomic mass is 10.0. The van der Waals surface area contributed by atoms with Crippen molar-refractivity contribution >= 4 is 28.4 Å². The summed E-state index contributed by atoms with van der Waals surface area (Å²) in [6, 6.07) is 18.0. The second kappa shape index (κ2) is 11.0. The molecule has 7 nitrogen and oxygen atoms in total. The van der Waals surface area contributed by atoms with Gasteiger partial charge in [0.1, 0.15) is 5.82 Å². The van der Waals surface area contributed by atoms with Gasteiger partial charge in [0.25, 0.3) is 0 Å². The molecule has 1 fully saturated rings. The third-order valence-electron chi connectivity index (χ3n) is 6.35. The Hall–Kier alpha value is -4.28. The van der Waals surface area contributed by atoms with Gasteiger partial charge in [0.15, 0.2) is 0 Å². The van der Waals surface area contributed by atoms with Crippen LogP contribution in [-0.4, -0.2) is 51.9 Å². The molecule has 0 radical (unpaired) electrons. The van der Waals surface area contributed by atoms with Gasteiger partial charge in [-0.25, -0.2) is 4.98 Å². The highest BCUT2D eigenvalue weighted by Gasteiger charge is 2.19. The summed E-state index contributed by atoms with van der Waals surface area (Å²) < 4.78 is 0. The van der Waals surface area contributed by atoms with Crippen LogP contribution in [0.2, 0.25) is 0 Å². The topological polar surface area (TPSA) is 74.2 Å². The van der Waals surface area contributed by atoms with Crippen LogP contribution in [0, 0.1) is 12.3 Å². The molecule has 2 aromatic heterocycles. The van der Waals surface area contributed by atoms with Gasteiger partial charge in [0, 0.05) is 63.6 Å². The highest BCUT2D eigenvalue weighted by atomic mass is 16.1. The summed E-state index contributed by atoms with van der Waals surface area (Å²) in [5.74, 6) is 3.32. The Bertz CT molecular complexity index is 1370. The number of benzene rings is 2. The summed E-state index contributed by atoms with van der Waals surface area (Å²) in [7, 11) is 0. The quantitative estimate of drug-likeness (QED) is 0.400. The highest BCUT2D eigenvalue weighted by molar-refractivity contribution is 5.91. The van der Waals surface area contributed by atoms with Crippen molar-refractivity contribution < 1.29 is 4.79 Å². The molecule has 36 heavy (non-hydrogen) atoms. The first kappa shape index (κ1) is 23.5. The fourth-order valence-corrected chi connectivity index (χ4v) is 4.37. The molecule has 0 atom stereocenters. The first-order valence-electron chi connectivity index (χ1n) is 12.1. The maximum absolute atomic E-state index is 11.9. The number of rotatable bonds is 7. The van der Waals surface area contributed by atoms with E-state index in [4.69, 9.17) is 11.4 Å². The zero-order valence-electron chi connectivity index (χ0n) is 20.1. The maximum atomic E-state index is 11.9. The van der Waals surface area contributed by atoms with Crippen LogP contribution in [0.4, 0.5) is 11.5 Å². The Morgan fingerprint density at radius 3 is 2.53 bits per heavy atom. The minimum Gasteiger partial charge on any atom is -0.353 e. The molecule has 1 aliphatic heterocycles. The molecule has 5 rings (SSSR count). The number of terminal acetylenes is 1. The second-order valence-electron chi connectivity index (χ2n) is 8.89. The van der Waals surface area contributed by atoms with E-state index in [1.165, 1.54) is 5.56 Å². The minimum absolute atomic E-state index is 0.0767. The smallest absolute Gasteiger partial charge is 0.225 e. The van der Waals surface area contributed by atoms with Crippen molar-refractivity contribution in [1.29, 1.82) is 0 Å². The SMILES string of the molecule is C#CCCC(=O)Nc1ccc(-c2ccc3ncc(N4CCN(Cc5cccnc5)CC4)nc3c2)cc1. The Labute approximate surface area is 211 Å². The molecule has 7 heteroatoms. The van der Waals surface area contributed by atoms with Crippen LogP contribution < -0.4 is 10.2 Å². The maximum Gasteiger partial charge on any atom is 0.225 e. The second-order valence-corrected chi connectivity index (χ2v) is 8.89. The monoisotopic (exact) mass is 476 g/mol. The van der Waals surface area contributed by atoms with Gasteiger partial charge in [-0.1, -0.05) is 24.3 Å². The van der Waals surface area contributed by atoms with E-state index in [1.54, 1.807) is 0 Å². The Morgan fingerprint density at radius 2 is 1.78 bits per heavy atom. The number of piperazine rings is 1. The van der Waals surface area contributed by atoms with E-state index in [1.807, 2.05) is 55.0 Å². The van der Waals surface area contributed by atoms with Crippen molar-refractivity contribution in [3.05, 3.63) is 78.8 Å². The van der Waals surface area contributed by atoms with Crippen molar-refractivity contribution in [2.24, 2.45) is 0 Å². The van der Waals surface area contributed by atoms with Crippen LogP contribution in [0.3, 0.4) is 0 Å². The van der Waals surface area contributed by atoms with Crippen molar-refractivity contribution in [2.45, 2.75) is 19.4 Å². The zero-order valence-corrected chi connectivity index (χ0v) is 20.1. The van der Waals surface area contributed by atoms with E-state index in [-0.39, 0.29) is 5.91 Å². The van der Waals surface area contributed by atoms with Crippen LogP contribution in [0.1, 0.15) is 18.4 Å². The lowest BCUT2D eigenvalue weighted by Crippen LogP contribution is -2.46. The van der Waals surface area contributed by atoms with Gasteiger partial charge in [0.2, 0.25) is 5.91 Å². The van der Waals surface area contributed by atoms with Crippen molar-refractivity contribution in [1.82, 2.24) is 19.9 Å². The van der Waals surface area contributed by atoms with Crippen LogP contribution in [-0.2, 0) is 11.3 Å². The predicted octanol–water partition coefficient (Wildman–Crippen LogP) is 4.37. The van der Waals surface area contributed by atoms with Crippen molar-refractivity contribution in [2.75, 3.05) is 36.4 Å². The normalized spacial score (nSPS) is 13.9. The van der Waals surface area contributed by atoms with Crippen LogP contribution >= 0.6 is 0 Å². The number of aromatic nitrogens is 3. The number of hydrogen-bond acceptors (Lipinski definition) is 6. The number of anilines is 2. The van der Waals surface area contributed by atoms with Gasteiger partial charge in [-0.05, 0) is 47.0 Å². The first-order valence-corrected chi connectivity index (χ1v) is 12.1. The molecule has 0 aliphatic carbocycles. The molecule has 3 heterocycles. The van der Waals surface area contributed by atoms with Crippen LogP contribution in [0.15, 0.2) is 73.2 Å². The van der Waals surface area contributed by atoms with E-state index < -0.39 is 0 Å². The molecular weight excluding hydrogens is 448 g/mol. The largest absolute Gasteiger partial charge is 0.353 e. The zero-order chi connectivity index (χ0) is 24.7. The van der Waals surface area contributed by atoms with E-state index >= 15 is 0 Å². The van der Waals surface area contributed by atoms with E-state index in [2.05, 4.69) is 49.2 Å². The molecule has 4 aromatic rings. The summed E-state index contributed by atoms with van der Waals surface area (Å²) in [5.41, 5.74) is 5.84. The standard InChI is InChI=1S/C29H28N6O/c1-2-3-6-29(36)32-25-10-7-23(8-11-25)24-9-12-26-27(18-24)33-28(20-31-26)35-16-14-34(15-17-35)21-22-5-4-13-30-19-22/h1,4-5,7-13,18-20H,3,6,14-17,21H2,(H,32,36). The third-order valence-corrected chi connectivity index (χ3v) is 6.35. The number of nitrogens with one attached hydrogen (secondary N) is 1. The molecule has 1 saturated heterocycles. The number of amides is 1. The highest BCUT2D eigenvalue weighted by Crippen LogP contribution is 2.26. The van der Waals surface area contributed by atoms with Gasteiger partial charge < -0.3 is 10.2 Å². The minimum atomic E-state index is -0.0767. The lowest BCUT2D eigenvalue weighted by molar-refractivity contribution is -0.116. The van der Waals surface area contributed by atoms with Crippen molar-refractivity contribution in [3.63, 3.8) is 0 Å². The number of pyridine rings is 1. The molecule has 2 aromatic carbocycles. The van der Waals surface area contributed by atoms with E-state index in [0.717, 1.165) is 66.4 Å². The summed E-state index contributed by atoms with van der Waals surface area (Å²) in [6.45, 7) is 4.69. The van der Waals surface area contributed by atoms with Gasteiger partial charge >= 0.3 is 0 Å². The molecular formula is C29H28N6O. The Balaban J connectivity index is 1.25. The molecule has 1 amide bonds. The summed E-state index contributed by atoms with van der Waals surface area (Å²) in [4.78, 5) is 30.5. The van der Waals surface area contributed by atoms with Gasteiger partial charge in [0.05, 0.1) is 17.2 Å². The fraction of sp³-hybridized carbons (Fsp3) is 0.241. The number of fused-ring (bicyclic) bond motifs is 1. The summed E-state index contributed by atoms with van der Waals surface area (Å²) in [6.07, 6.45) is 11.6. The average Bonchev–Trinajstić information content (AvgIpc) is 2.93. The Kier molecular flexibility index (Phi) is 7.15. The molecule has 1 N–H and O–H groups in total. The molecule has 180 valence electrons. The third kappa shape index (κ3) is 5.68. The summed E-state index contributed by atoms with van der Waals surface area (Å²) >= 11 is 0. The van der Waals surface area contributed by atoms with Gasteiger partial charge in [-0.2, -0.15) is 0 Å². The number of carbonyl (C=O) groups excluding carboxylic acids is 1. The molecule has 0 bridgehead atoms.